The minimum absolute atomic E-state index is 0.133. The van der Waals surface area contributed by atoms with Crippen molar-refractivity contribution in [3.05, 3.63) is 17.5 Å². The molecule has 1 amide bonds. The molecule has 0 aliphatic carbocycles. The summed E-state index contributed by atoms with van der Waals surface area (Å²) < 4.78 is 0. The van der Waals surface area contributed by atoms with Crippen LogP contribution in [0, 0.1) is 6.92 Å². The van der Waals surface area contributed by atoms with E-state index in [9.17, 15) is 9.59 Å². The van der Waals surface area contributed by atoms with Gasteiger partial charge in [0.2, 0.25) is 5.91 Å². The molecule has 0 spiro atoms. The average molecular weight is 238 g/mol. The number of aryl methyl sites for hydroxylation is 1. The van der Waals surface area contributed by atoms with E-state index in [2.05, 4.69) is 17.2 Å². The van der Waals surface area contributed by atoms with Crippen LogP contribution in [0.1, 0.15) is 48.7 Å². The standard InChI is InChI=1S/C12H18N2O3/c1-3-4-5-6-10(15)14-9-7-13-8(2)11(9)12(16)17/h7,13H,3-6H2,1-2H3,(H,14,15)(H,16,17). The summed E-state index contributed by atoms with van der Waals surface area (Å²) in [5.74, 6) is -1.17. The Bertz CT molecular complexity index is 410. The highest BCUT2D eigenvalue weighted by Gasteiger charge is 2.16. The number of carbonyl (C=O) groups excluding carboxylic acids is 1. The quantitative estimate of drug-likeness (QED) is 0.666. The van der Waals surface area contributed by atoms with Gasteiger partial charge in [0, 0.05) is 18.3 Å². The van der Waals surface area contributed by atoms with Gasteiger partial charge < -0.3 is 15.4 Å². The summed E-state index contributed by atoms with van der Waals surface area (Å²) in [4.78, 5) is 25.3. The summed E-state index contributed by atoms with van der Waals surface area (Å²) >= 11 is 0. The molecule has 17 heavy (non-hydrogen) atoms. The largest absolute Gasteiger partial charge is 0.478 e. The van der Waals surface area contributed by atoms with Gasteiger partial charge in [-0.15, -0.1) is 0 Å². The van der Waals surface area contributed by atoms with Gasteiger partial charge in [-0.25, -0.2) is 4.79 Å². The molecule has 0 saturated carbocycles. The molecule has 0 fully saturated rings. The van der Waals surface area contributed by atoms with Crippen LogP contribution in [0.5, 0.6) is 0 Å². The Balaban J connectivity index is 2.62. The van der Waals surface area contributed by atoms with E-state index in [1.807, 2.05) is 0 Å². The second-order valence-corrected chi connectivity index (χ2v) is 4.01. The Hall–Kier alpha value is -1.78. The van der Waals surface area contributed by atoms with Crippen molar-refractivity contribution in [3.8, 4) is 0 Å². The molecule has 5 heteroatoms. The van der Waals surface area contributed by atoms with Crippen LogP contribution in [0.4, 0.5) is 5.69 Å². The lowest BCUT2D eigenvalue weighted by Gasteiger charge is -2.04. The zero-order valence-electron chi connectivity index (χ0n) is 10.2. The predicted molar refractivity (Wildman–Crippen MR) is 65.3 cm³/mol. The molecule has 0 aromatic carbocycles. The van der Waals surface area contributed by atoms with Gasteiger partial charge >= 0.3 is 5.97 Å². The maximum Gasteiger partial charge on any atom is 0.339 e. The van der Waals surface area contributed by atoms with E-state index in [-0.39, 0.29) is 11.5 Å². The van der Waals surface area contributed by atoms with Crippen molar-refractivity contribution in [1.82, 2.24) is 4.98 Å². The Morgan fingerprint density at radius 3 is 2.71 bits per heavy atom. The van der Waals surface area contributed by atoms with Crippen molar-refractivity contribution in [2.45, 2.75) is 39.5 Å². The Morgan fingerprint density at radius 2 is 2.12 bits per heavy atom. The zero-order chi connectivity index (χ0) is 12.8. The number of carboxylic acids is 1. The third-order valence-electron chi connectivity index (χ3n) is 2.57. The monoisotopic (exact) mass is 238 g/mol. The van der Waals surface area contributed by atoms with Gasteiger partial charge in [-0.1, -0.05) is 19.8 Å². The Kier molecular flexibility index (Phi) is 4.75. The van der Waals surface area contributed by atoms with E-state index in [1.54, 1.807) is 6.92 Å². The maximum absolute atomic E-state index is 11.6. The smallest absolute Gasteiger partial charge is 0.339 e. The number of hydrogen-bond donors (Lipinski definition) is 3. The van der Waals surface area contributed by atoms with Crippen LogP contribution >= 0.6 is 0 Å². The number of hydrogen-bond acceptors (Lipinski definition) is 2. The van der Waals surface area contributed by atoms with Gasteiger partial charge in [0.05, 0.1) is 5.69 Å². The van der Waals surface area contributed by atoms with Gasteiger partial charge in [0.25, 0.3) is 0 Å². The van der Waals surface area contributed by atoms with Gasteiger partial charge in [-0.05, 0) is 13.3 Å². The minimum atomic E-state index is -1.03. The van der Waals surface area contributed by atoms with Crippen molar-refractivity contribution < 1.29 is 14.7 Å². The van der Waals surface area contributed by atoms with Crippen LogP contribution in [0.15, 0.2) is 6.20 Å². The fourth-order valence-corrected chi connectivity index (χ4v) is 1.65. The first kappa shape index (κ1) is 13.3. The molecule has 5 nitrogen and oxygen atoms in total. The Morgan fingerprint density at radius 1 is 1.41 bits per heavy atom. The van der Waals surface area contributed by atoms with Crippen LogP contribution < -0.4 is 5.32 Å². The lowest BCUT2D eigenvalue weighted by Crippen LogP contribution is -2.13. The number of aromatic nitrogens is 1. The number of anilines is 1. The van der Waals surface area contributed by atoms with Crippen molar-refractivity contribution >= 4 is 17.6 Å². The molecule has 1 heterocycles. The number of H-pyrrole nitrogens is 1. The highest BCUT2D eigenvalue weighted by Crippen LogP contribution is 2.19. The summed E-state index contributed by atoms with van der Waals surface area (Å²) in [7, 11) is 0. The molecule has 94 valence electrons. The van der Waals surface area contributed by atoms with Gasteiger partial charge in [-0.2, -0.15) is 0 Å². The fourth-order valence-electron chi connectivity index (χ4n) is 1.65. The van der Waals surface area contributed by atoms with Gasteiger partial charge in [0.15, 0.2) is 0 Å². The molecule has 0 saturated heterocycles. The number of carboxylic acid groups (broad SMARTS) is 1. The molecule has 0 radical (unpaired) electrons. The molecule has 1 rings (SSSR count). The van der Waals surface area contributed by atoms with Crippen molar-refractivity contribution in [2.24, 2.45) is 0 Å². The second-order valence-electron chi connectivity index (χ2n) is 4.01. The molecule has 0 aliphatic rings. The summed E-state index contributed by atoms with van der Waals surface area (Å²) in [5.41, 5.74) is 1.02. The van der Waals surface area contributed by atoms with Crippen LogP contribution in [0.3, 0.4) is 0 Å². The summed E-state index contributed by atoms with van der Waals surface area (Å²) in [6.45, 7) is 3.73. The fraction of sp³-hybridized carbons (Fsp3) is 0.500. The van der Waals surface area contributed by atoms with Crippen LogP contribution in [0.2, 0.25) is 0 Å². The van der Waals surface area contributed by atoms with Crippen LogP contribution in [-0.2, 0) is 4.79 Å². The number of aromatic amines is 1. The zero-order valence-corrected chi connectivity index (χ0v) is 10.2. The van der Waals surface area contributed by atoms with E-state index < -0.39 is 5.97 Å². The third kappa shape index (κ3) is 3.62. The number of rotatable bonds is 6. The minimum Gasteiger partial charge on any atom is -0.478 e. The molecule has 0 unspecified atom stereocenters. The average Bonchev–Trinajstić information content (AvgIpc) is 2.60. The lowest BCUT2D eigenvalue weighted by atomic mass is 10.2. The number of unbranched alkanes of at least 4 members (excludes halogenated alkanes) is 2. The van der Waals surface area contributed by atoms with Crippen molar-refractivity contribution in [1.29, 1.82) is 0 Å². The second kappa shape index (κ2) is 6.08. The maximum atomic E-state index is 11.6. The van der Waals surface area contributed by atoms with Crippen LogP contribution in [0.25, 0.3) is 0 Å². The van der Waals surface area contributed by atoms with Crippen molar-refractivity contribution in [3.63, 3.8) is 0 Å². The molecule has 3 N–H and O–H groups in total. The first-order chi connectivity index (χ1) is 8.06. The van der Waals surface area contributed by atoms with Gasteiger partial charge in [-0.3, -0.25) is 4.79 Å². The van der Waals surface area contributed by atoms with E-state index >= 15 is 0 Å². The summed E-state index contributed by atoms with van der Waals surface area (Å²) in [6, 6.07) is 0. The SMILES string of the molecule is CCCCCC(=O)Nc1c[nH]c(C)c1C(=O)O. The predicted octanol–water partition coefficient (Wildman–Crippen LogP) is 2.54. The van der Waals surface area contributed by atoms with E-state index in [4.69, 9.17) is 5.11 Å². The number of nitrogens with one attached hydrogen (secondary N) is 2. The first-order valence-corrected chi connectivity index (χ1v) is 5.77. The van der Waals surface area contributed by atoms with Gasteiger partial charge in [0.1, 0.15) is 5.56 Å². The van der Waals surface area contributed by atoms with Crippen molar-refractivity contribution in [2.75, 3.05) is 5.32 Å². The number of amides is 1. The molecular formula is C12H18N2O3. The molecule has 1 aromatic heterocycles. The normalized spacial score (nSPS) is 10.2. The molecule has 1 aromatic rings. The highest BCUT2D eigenvalue weighted by molar-refractivity contribution is 6.01. The molecule has 0 bridgehead atoms. The molecule has 0 aliphatic heterocycles. The number of aromatic carboxylic acids is 1. The Labute approximate surface area is 100 Å². The lowest BCUT2D eigenvalue weighted by molar-refractivity contribution is -0.116. The van der Waals surface area contributed by atoms with E-state index in [1.165, 1.54) is 6.20 Å². The third-order valence-corrected chi connectivity index (χ3v) is 2.57. The van der Waals surface area contributed by atoms with Crippen LogP contribution in [-0.4, -0.2) is 22.0 Å². The topological polar surface area (TPSA) is 82.2 Å². The van der Waals surface area contributed by atoms with E-state index in [0.29, 0.717) is 17.8 Å². The first-order valence-electron chi connectivity index (χ1n) is 5.77. The molecular weight excluding hydrogens is 220 g/mol. The highest BCUT2D eigenvalue weighted by atomic mass is 16.4. The number of carbonyl (C=O) groups is 2. The summed E-state index contributed by atoms with van der Waals surface area (Å²) in [6.07, 6.45) is 4.82. The molecule has 0 atom stereocenters. The van der Waals surface area contributed by atoms with E-state index in [0.717, 1.165) is 19.3 Å². The summed E-state index contributed by atoms with van der Waals surface area (Å²) in [5, 5.41) is 11.6.